The number of carboxylic acids is 1. The van der Waals surface area contributed by atoms with Gasteiger partial charge in [0.15, 0.2) is 12.3 Å². The molecule has 0 saturated carbocycles. The number of aliphatic hydroxyl groups excluding tert-OH is 3. The van der Waals surface area contributed by atoms with Gasteiger partial charge in [-0.15, -0.1) is 0 Å². The zero-order valence-electron chi connectivity index (χ0n) is 15.2. The number of anilines is 2. The van der Waals surface area contributed by atoms with E-state index in [4.69, 9.17) is 4.74 Å². The van der Waals surface area contributed by atoms with Gasteiger partial charge in [0.1, 0.15) is 24.1 Å². The van der Waals surface area contributed by atoms with Gasteiger partial charge in [0, 0.05) is 11.1 Å². The van der Waals surface area contributed by atoms with Gasteiger partial charge in [0.25, 0.3) is 0 Å². The number of nitrogens with zero attached hydrogens (tertiary/aromatic N) is 2. The Hall–Kier alpha value is -3.04. The van der Waals surface area contributed by atoms with Crippen molar-refractivity contribution in [3.63, 3.8) is 0 Å². The SMILES string of the molecule is O=C(O)[C@H]1O[C@@H](N(c2ccccc2)c2ccc3ccccc3n2)[C@H](O)[C@@H](O)[C@@H]1O. The van der Waals surface area contributed by atoms with E-state index in [2.05, 4.69) is 4.98 Å². The lowest BCUT2D eigenvalue weighted by atomic mass is 9.97. The van der Waals surface area contributed by atoms with Gasteiger partial charge in [-0.05, 0) is 30.3 Å². The molecule has 4 rings (SSSR count). The minimum Gasteiger partial charge on any atom is -0.479 e. The van der Waals surface area contributed by atoms with Crippen LogP contribution in [0.3, 0.4) is 0 Å². The average molecular weight is 396 g/mol. The molecule has 1 aliphatic rings. The van der Waals surface area contributed by atoms with Gasteiger partial charge in [-0.3, -0.25) is 4.90 Å². The van der Waals surface area contributed by atoms with Crippen LogP contribution >= 0.6 is 0 Å². The highest BCUT2D eigenvalue weighted by atomic mass is 16.6. The van der Waals surface area contributed by atoms with Gasteiger partial charge in [-0.25, -0.2) is 9.78 Å². The van der Waals surface area contributed by atoms with Gasteiger partial charge in [-0.2, -0.15) is 0 Å². The highest BCUT2D eigenvalue weighted by Crippen LogP contribution is 2.34. The van der Waals surface area contributed by atoms with Crippen LogP contribution in [0.4, 0.5) is 11.5 Å². The number of ether oxygens (including phenoxy) is 1. The molecule has 8 heteroatoms. The second kappa shape index (κ2) is 7.76. The summed E-state index contributed by atoms with van der Waals surface area (Å²) in [5, 5.41) is 41.2. The first kappa shape index (κ1) is 19.3. The first-order valence-electron chi connectivity index (χ1n) is 9.10. The summed E-state index contributed by atoms with van der Waals surface area (Å²) in [5.41, 5.74) is 1.28. The Labute approximate surface area is 166 Å². The topological polar surface area (TPSA) is 123 Å². The van der Waals surface area contributed by atoms with Crippen molar-refractivity contribution in [2.45, 2.75) is 30.6 Å². The van der Waals surface area contributed by atoms with Crippen molar-refractivity contribution in [1.82, 2.24) is 4.98 Å². The number of fused-ring (bicyclic) bond motifs is 1. The molecule has 1 saturated heterocycles. The number of hydrogen-bond acceptors (Lipinski definition) is 7. The summed E-state index contributed by atoms with van der Waals surface area (Å²) in [7, 11) is 0. The quantitative estimate of drug-likeness (QED) is 0.520. The highest BCUT2D eigenvalue weighted by molar-refractivity contribution is 5.81. The average Bonchev–Trinajstić information content (AvgIpc) is 2.74. The summed E-state index contributed by atoms with van der Waals surface area (Å²) in [6.07, 6.45) is -8.04. The Morgan fingerprint density at radius 2 is 1.55 bits per heavy atom. The molecule has 0 spiro atoms. The van der Waals surface area contributed by atoms with Crippen LogP contribution in [0.15, 0.2) is 66.7 Å². The summed E-state index contributed by atoms with van der Waals surface area (Å²) in [5.74, 6) is -1.04. The maximum Gasteiger partial charge on any atom is 0.335 e. The number of aliphatic carboxylic acids is 1. The Kier molecular flexibility index (Phi) is 5.16. The monoisotopic (exact) mass is 396 g/mol. The van der Waals surface area contributed by atoms with E-state index in [1.165, 1.54) is 4.90 Å². The predicted molar refractivity (Wildman–Crippen MR) is 105 cm³/mol. The number of rotatable bonds is 4. The third-order valence-electron chi connectivity index (χ3n) is 4.95. The number of para-hydroxylation sites is 2. The van der Waals surface area contributed by atoms with E-state index in [9.17, 15) is 25.2 Å². The van der Waals surface area contributed by atoms with Crippen molar-refractivity contribution in [2.24, 2.45) is 0 Å². The molecule has 150 valence electrons. The molecule has 0 bridgehead atoms. The molecule has 2 heterocycles. The third-order valence-corrected chi connectivity index (χ3v) is 4.95. The maximum absolute atomic E-state index is 11.5. The van der Waals surface area contributed by atoms with Gasteiger partial charge < -0.3 is 25.2 Å². The van der Waals surface area contributed by atoms with Crippen LogP contribution in [0, 0.1) is 0 Å². The van der Waals surface area contributed by atoms with Crippen molar-refractivity contribution in [3.05, 3.63) is 66.7 Å². The Morgan fingerprint density at radius 1 is 0.862 bits per heavy atom. The molecule has 4 N–H and O–H groups in total. The van der Waals surface area contributed by atoms with Crippen LogP contribution in [-0.2, 0) is 9.53 Å². The molecule has 5 atom stereocenters. The summed E-state index contributed by atoms with van der Waals surface area (Å²) in [6, 6.07) is 19.9. The van der Waals surface area contributed by atoms with Crippen LogP contribution in [-0.4, -0.2) is 62.0 Å². The molecule has 1 aliphatic heterocycles. The van der Waals surface area contributed by atoms with E-state index < -0.39 is 36.6 Å². The van der Waals surface area contributed by atoms with E-state index in [0.717, 1.165) is 5.39 Å². The van der Waals surface area contributed by atoms with E-state index in [1.807, 2.05) is 36.4 Å². The number of carboxylic acid groups (broad SMARTS) is 1. The number of aliphatic hydroxyl groups is 3. The molecule has 0 unspecified atom stereocenters. The zero-order valence-corrected chi connectivity index (χ0v) is 15.2. The molecule has 0 aliphatic carbocycles. The Balaban J connectivity index is 1.83. The van der Waals surface area contributed by atoms with Crippen LogP contribution in [0.1, 0.15) is 0 Å². The van der Waals surface area contributed by atoms with Gasteiger partial charge in [-0.1, -0.05) is 36.4 Å². The largest absolute Gasteiger partial charge is 0.479 e. The van der Waals surface area contributed by atoms with Crippen LogP contribution in [0.2, 0.25) is 0 Å². The van der Waals surface area contributed by atoms with Crippen LogP contribution in [0.25, 0.3) is 10.9 Å². The molecule has 0 radical (unpaired) electrons. The molecule has 8 nitrogen and oxygen atoms in total. The maximum atomic E-state index is 11.5. The fraction of sp³-hybridized carbons (Fsp3) is 0.238. The lowest BCUT2D eigenvalue weighted by molar-refractivity contribution is -0.225. The van der Waals surface area contributed by atoms with Gasteiger partial charge in [0.05, 0.1) is 5.52 Å². The van der Waals surface area contributed by atoms with Crippen molar-refractivity contribution in [3.8, 4) is 0 Å². The highest BCUT2D eigenvalue weighted by Gasteiger charge is 2.49. The third kappa shape index (κ3) is 3.54. The van der Waals surface area contributed by atoms with E-state index >= 15 is 0 Å². The summed E-state index contributed by atoms with van der Waals surface area (Å²) in [4.78, 5) is 17.7. The molecule has 3 aromatic rings. The molecule has 1 aromatic heterocycles. The molecule has 2 aromatic carbocycles. The summed E-state index contributed by atoms with van der Waals surface area (Å²) >= 11 is 0. The minimum absolute atomic E-state index is 0.395. The van der Waals surface area contributed by atoms with E-state index in [-0.39, 0.29) is 0 Å². The molecular weight excluding hydrogens is 376 g/mol. The normalized spacial score (nSPS) is 26.9. The predicted octanol–water partition coefficient (Wildman–Crippen LogP) is 1.27. The number of carbonyl (C=O) groups is 1. The number of hydrogen-bond donors (Lipinski definition) is 4. The fourth-order valence-corrected chi connectivity index (χ4v) is 3.47. The Bertz CT molecular complexity index is 1010. The van der Waals surface area contributed by atoms with Crippen molar-refractivity contribution in [2.75, 3.05) is 4.90 Å². The first-order valence-corrected chi connectivity index (χ1v) is 9.10. The fourth-order valence-electron chi connectivity index (χ4n) is 3.47. The van der Waals surface area contributed by atoms with Gasteiger partial charge in [0.2, 0.25) is 0 Å². The molecule has 1 fully saturated rings. The van der Waals surface area contributed by atoms with Crippen molar-refractivity contribution in [1.29, 1.82) is 0 Å². The van der Waals surface area contributed by atoms with Crippen molar-refractivity contribution < 1.29 is 30.0 Å². The lowest BCUT2D eigenvalue weighted by Gasteiger charge is -2.44. The van der Waals surface area contributed by atoms with Crippen LogP contribution in [0.5, 0.6) is 0 Å². The number of pyridine rings is 1. The smallest absolute Gasteiger partial charge is 0.335 e. The van der Waals surface area contributed by atoms with E-state index in [1.54, 1.807) is 30.3 Å². The van der Waals surface area contributed by atoms with Crippen LogP contribution < -0.4 is 4.90 Å². The summed E-state index contributed by atoms with van der Waals surface area (Å²) in [6.45, 7) is 0. The van der Waals surface area contributed by atoms with Gasteiger partial charge >= 0.3 is 5.97 Å². The first-order chi connectivity index (χ1) is 14.0. The Morgan fingerprint density at radius 3 is 2.28 bits per heavy atom. The molecular formula is C21H20N2O6. The standard InChI is InChI=1S/C21H20N2O6/c24-16-17(25)19(21(27)28)29-20(18(16)26)23(13-7-2-1-3-8-13)15-11-10-12-6-4-5-9-14(12)22-15/h1-11,16-20,24-26H,(H,27,28)/t16-,17-,18+,19-,20+/m0/s1. The summed E-state index contributed by atoms with van der Waals surface area (Å²) < 4.78 is 5.55. The van der Waals surface area contributed by atoms with E-state index in [0.29, 0.717) is 17.0 Å². The number of aromatic nitrogens is 1. The minimum atomic E-state index is -1.76. The molecule has 29 heavy (non-hydrogen) atoms. The molecule has 0 amide bonds. The number of benzene rings is 2. The second-order valence-corrected chi connectivity index (χ2v) is 6.82. The zero-order chi connectivity index (χ0) is 20.5. The lowest BCUT2D eigenvalue weighted by Crippen LogP contribution is -2.63. The second-order valence-electron chi connectivity index (χ2n) is 6.82. The van der Waals surface area contributed by atoms with Crippen molar-refractivity contribution >= 4 is 28.4 Å².